The van der Waals surface area contributed by atoms with E-state index in [0.29, 0.717) is 39.6 Å². The number of anilines is 1. The van der Waals surface area contributed by atoms with Crippen LogP contribution in [0.3, 0.4) is 0 Å². The largest absolute Gasteiger partial charge is 0.494 e. The van der Waals surface area contributed by atoms with Crippen molar-refractivity contribution in [1.29, 1.82) is 0 Å². The summed E-state index contributed by atoms with van der Waals surface area (Å²) < 4.78 is 16.7. The molecule has 0 aromatic heterocycles. The molecule has 0 spiro atoms. The number of thioether (sulfide) groups is 1. The summed E-state index contributed by atoms with van der Waals surface area (Å²) in [5.74, 6) is 0.844. The van der Waals surface area contributed by atoms with Gasteiger partial charge in [0, 0.05) is 10.2 Å². The number of halogens is 1. The number of nitrogens with zero attached hydrogens (tertiary/aromatic N) is 1. The van der Waals surface area contributed by atoms with Gasteiger partial charge in [-0.1, -0.05) is 15.9 Å². The monoisotopic (exact) mass is 504 g/mol. The molecule has 1 fully saturated rings. The molecule has 10 heteroatoms. The normalized spacial score (nSPS) is 16.2. The zero-order chi connectivity index (χ0) is 22.0. The van der Waals surface area contributed by atoms with Gasteiger partial charge in [0.15, 0.2) is 11.5 Å². The van der Waals surface area contributed by atoms with Crippen molar-refractivity contribution in [2.45, 2.75) is 6.92 Å². The molecular formula is C21H17BrN2O6S. The molecule has 2 aromatic carbocycles. The number of fused-ring (bicyclic) bond motifs is 1. The van der Waals surface area contributed by atoms with Crippen molar-refractivity contribution in [3.8, 4) is 17.2 Å². The highest BCUT2D eigenvalue weighted by Crippen LogP contribution is 2.39. The lowest BCUT2D eigenvalue weighted by Gasteiger charge is -2.12. The molecule has 0 radical (unpaired) electrons. The minimum atomic E-state index is -0.526. The summed E-state index contributed by atoms with van der Waals surface area (Å²) in [4.78, 5) is 38.6. The third-order valence-corrected chi connectivity index (χ3v) is 6.00. The number of imide groups is 1. The van der Waals surface area contributed by atoms with Gasteiger partial charge in [-0.3, -0.25) is 19.3 Å². The first-order valence-electron chi connectivity index (χ1n) is 9.32. The Balaban J connectivity index is 1.43. The first kappa shape index (κ1) is 21.3. The topological polar surface area (TPSA) is 94.2 Å². The van der Waals surface area contributed by atoms with Crippen molar-refractivity contribution in [3.63, 3.8) is 0 Å². The molecule has 8 nitrogen and oxygen atoms in total. The van der Waals surface area contributed by atoms with Gasteiger partial charge in [0.1, 0.15) is 12.3 Å². The van der Waals surface area contributed by atoms with E-state index in [9.17, 15) is 14.4 Å². The standard InChI is InChI=1S/C21H17BrN2O6S/c1-2-28-14-5-3-13(4-6-14)23-19(25)10-24-20(26)18(31-21(24)27)8-12-7-16-17(9-15(12)22)30-11-29-16/h3-9H,2,10-11H2,1H3,(H,23,25)/b18-8-. The van der Waals surface area contributed by atoms with E-state index in [2.05, 4.69) is 21.2 Å². The number of carbonyl (C=O) groups is 3. The smallest absolute Gasteiger partial charge is 0.294 e. The van der Waals surface area contributed by atoms with Gasteiger partial charge in [-0.25, -0.2) is 0 Å². The molecule has 2 aliphatic heterocycles. The van der Waals surface area contributed by atoms with Gasteiger partial charge in [0.2, 0.25) is 12.7 Å². The van der Waals surface area contributed by atoms with Crippen molar-refractivity contribution < 1.29 is 28.6 Å². The summed E-state index contributed by atoms with van der Waals surface area (Å²) >= 11 is 4.21. The summed E-state index contributed by atoms with van der Waals surface area (Å²) in [7, 11) is 0. The van der Waals surface area contributed by atoms with Crippen LogP contribution in [0.1, 0.15) is 12.5 Å². The van der Waals surface area contributed by atoms with E-state index in [1.807, 2.05) is 6.92 Å². The molecule has 0 bridgehead atoms. The van der Waals surface area contributed by atoms with Gasteiger partial charge in [0.05, 0.1) is 11.5 Å². The second-order valence-electron chi connectivity index (χ2n) is 6.50. The third-order valence-electron chi connectivity index (χ3n) is 4.40. The van der Waals surface area contributed by atoms with Crippen LogP contribution in [0, 0.1) is 0 Å². The van der Waals surface area contributed by atoms with Gasteiger partial charge < -0.3 is 19.5 Å². The van der Waals surface area contributed by atoms with Gasteiger partial charge >= 0.3 is 0 Å². The van der Waals surface area contributed by atoms with Crippen LogP contribution in [0.4, 0.5) is 10.5 Å². The number of hydrogen-bond donors (Lipinski definition) is 1. The maximum atomic E-state index is 12.7. The average molecular weight is 505 g/mol. The van der Waals surface area contributed by atoms with Crippen molar-refractivity contribution >= 4 is 56.5 Å². The fraction of sp³-hybridized carbons (Fsp3) is 0.190. The van der Waals surface area contributed by atoms with Crippen molar-refractivity contribution in [2.75, 3.05) is 25.3 Å². The van der Waals surface area contributed by atoms with Crippen LogP contribution >= 0.6 is 27.7 Å². The van der Waals surface area contributed by atoms with Crippen LogP contribution < -0.4 is 19.5 Å². The molecule has 2 heterocycles. The lowest BCUT2D eigenvalue weighted by molar-refractivity contribution is -0.127. The molecule has 160 valence electrons. The molecule has 3 amide bonds. The molecule has 0 atom stereocenters. The fourth-order valence-electron chi connectivity index (χ4n) is 2.97. The quantitative estimate of drug-likeness (QED) is 0.587. The van der Waals surface area contributed by atoms with Crippen LogP contribution in [-0.2, 0) is 9.59 Å². The number of carbonyl (C=O) groups excluding carboxylic acids is 3. The summed E-state index contributed by atoms with van der Waals surface area (Å²) in [6.45, 7) is 2.18. The zero-order valence-electron chi connectivity index (χ0n) is 16.3. The molecule has 2 aliphatic rings. The Bertz CT molecular complexity index is 1090. The Kier molecular flexibility index (Phi) is 6.19. The Morgan fingerprint density at radius 2 is 1.94 bits per heavy atom. The lowest BCUT2D eigenvalue weighted by Crippen LogP contribution is -2.36. The predicted molar refractivity (Wildman–Crippen MR) is 119 cm³/mol. The van der Waals surface area contributed by atoms with Crippen LogP contribution in [0.25, 0.3) is 6.08 Å². The third kappa shape index (κ3) is 4.70. The maximum Gasteiger partial charge on any atom is 0.294 e. The number of ether oxygens (including phenoxy) is 3. The molecule has 0 aliphatic carbocycles. The molecule has 1 N–H and O–H groups in total. The average Bonchev–Trinajstić information content (AvgIpc) is 3.29. The summed E-state index contributed by atoms with van der Waals surface area (Å²) in [6.07, 6.45) is 1.58. The number of amides is 3. The first-order chi connectivity index (χ1) is 14.9. The van der Waals surface area contributed by atoms with Gasteiger partial charge in [-0.05, 0) is 66.7 Å². The van der Waals surface area contributed by atoms with Gasteiger partial charge in [0.25, 0.3) is 11.1 Å². The Labute approximate surface area is 190 Å². The lowest BCUT2D eigenvalue weighted by atomic mass is 10.2. The van der Waals surface area contributed by atoms with E-state index < -0.39 is 17.1 Å². The molecule has 0 saturated carbocycles. The first-order valence-corrected chi connectivity index (χ1v) is 10.9. The summed E-state index contributed by atoms with van der Waals surface area (Å²) in [5, 5.41) is 2.17. The van der Waals surface area contributed by atoms with Crippen LogP contribution in [0.5, 0.6) is 17.2 Å². The molecule has 2 aromatic rings. The Hall–Kier alpha value is -2.98. The molecular weight excluding hydrogens is 488 g/mol. The highest BCUT2D eigenvalue weighted by molar-refractivity contribution is 9.10. The second-order valence-corrected chi connectivity index (χ2v) is 8.35. The fourth-order valence-corrected chi connectivity index (χ4v) is 4.23. The number of hydrogen-bond acceptors (Lipinski definition) is 7. The molecule has 31 heavy (non-hydrogen) atoms. The highest BCUT2D eigenvalue weighted by atomic mass is 79.9. The van der Waals surface area contributed by atoms with Crippen LogP contribution in [0.15, 0.2) is 45.8 Å². The summed E-state index contributed by atoms with van der Waals surface area (Å²) in [6, 6.07) is 10.3. The van der Waals surface area contributed by atoms with Crippen LogP contribution in [-0.4, -0.2) is 41.9 Å². The Morgan fingerprint density at radius 1 is 1.23 bits per heavy atom. The van der Waals surface area contributed by atoms with Crippen LogP contribution in [0.2, 0.25) is 0 Å². The molecule has 4 rings (SSSR count). The van der Waals surface area contributed by atoms with Gasteiger partial charge in [-0.2, -0.15) is 0 Å². The summed E-state index contributed by atoms with van der Waals surface area (Å²) in [5.41, 5.74) is 1.20. The highest BCUT2D eigenvalue weighted by Gasteiger charge is 2.36. The van der Waals surface area contributed by atoms with E-state index in [1.54, 1.807) is 42.5 Å². The van der Waals surface area contributed by atoms with E-state index in [-0.39, 0.29) is 18.2 Å². The SMILES string of the molecule is CCOc1ccc(NC(=O)CN2C(=O)S/C(=C\c3cc4c(cc3Br)OCO4)C2=O)cc1. The molecule has 0 unspecified atom stereocenters. The Morgan fingerprint density at radius 3 is 2.65 bits per heavy atom. The second kappa shape index (κ2) is 9.03. The molecule has 1 saturated heterocycles. The van der Waals surface area contributed by atoms with Crippen molar-refractivity contribution in [2.24, 2.45) is 0 Å². The van der Waals surface area contributed by atoms with E-state index in [1.165, 1.54) is 0 Å². The van der Waals surface area contributed by atoms with E-state index >= 15 is 0 Å². The predicted octanol–water partition coefficient (Wildman–Crippen LogP) is 4.25. The van der Waals surface area contributed by atoms with Crippen molar-refractivity contribution in [3.05, 3.63) is 51.3 Å². The van der Waals surface area contributed by atoms with Gasteiger partial charge in [-0.15, -0.1) is 0 Å². The number of rotatable bonds is 6. The van der Waals surface area contributed by atoms with E-state index in [0.717, 1.165) is 16.7 Å². The maximum absolute atomic E-state index is 12.7. The van der Waals surface area contributed by atoms with E-state index in [4.69, 9.17) is 14.2 Å². The van der Waals surface area contributed by atoms with Crippen molar-refractivity contribution in [1.82, 2.24) is 4.90 Å². The minimum Gasteiger partial charge on any atom is -0.494 e. The number of benzene rings is 2. The number of nitrogens with one attached hydrogen (secondary N) is 1. The zero-order valence-corrected chi connectivity index (χ0v) is 18.7. The minimum absolute atomic E-state index is 0.130.